The second-order valence-corrected chi connectivity index (χ2v) is 5.61. The topological polar surface area (TPSA) is 70.6 Å². The molecule has 7 heteroatoms. The Labute approximate surface area is 141 Å². The summed E-state index contributed by atoms with van der Waals surface area (Å²) >= 11 is 0. The highest BCUT2D eigenvalue weighted by atomic mass is 16.5. The Morgan fingerprint density at radius 3 is 2.71 bits per heavy atom. The zero-order valence-corrected chi connectivity index (χ0v) is 13.7. The summed E-state index contributed by atoms with van der Waals surface area (Å²) in [5.41, 5.74) is 1.78. The van der Waals surface area contributed by atoms with E-state index in [2.05, 4.69) is 26.3 Å². The average Bonchev–Trinajstić information content (AvgIpc) is 2.63. The van der Waals surface area contributed by atoms with E-state index >= 15 is 0 Å². The first-order valence-corrected chi connectivity index (χ1v) is 7.92. The number of pyridine rings is 2. The Morgan fingerprint density at radius 1 is 1.21 bits per heavy atom. The molecule has 0 radical (unpaired) electrons. The number of anilines is 1. The largest absolute Gasteiger partial charge is 0.480 e. The molecule has 2 aromatic rings. The number of nitrogens with zero attached hydrogens (tertiary/aromatic N) is 4. The number of aromatic nitrogens is 2. The molecule has 0 atom stereocenters. The summed E-state index contributed by atoms with van der Waals surface area (Å²) in [5.74, 6) is 0.418. The zero-order chi connectivity index (χ0) is 16.8. The van der Waals surface area contributed by atoms with Gasteiger partial charge in [0.25, 0.3) is 0 Å². The molecule has 1 N–H and O–H groups in total. The van der Waals surface area contributed by atoms with Crippen LogP contribution in [0.1, 0.15) is 5.56 Å². The lowest BCUT2D eigenvalue weighted by atomic mass is 10.2. The summed E-state index contributed by atoms with van der Waals surface area (Å²) in [6.07, 6.45) is 5.29. The van der Waals surface area contributed by atoms with E-state index in [1.54, 1.807) is 24.5 Å². The number of amides is 2. The highest BCUT2D eigenvalue weighted by molar-refractivity contribution is 5.90. The molecule has 1 saturated heterocycles. The van der Waals surface area contributed by atoms with Crippen LogP contribution in [0.4, 0.5) is 10.5 Å². The molecule has 24 heavy (non-hydrogen) atoms. The maximum Gasteiger partial charge on any atom is 0.322 e. The summed E-state index contributed by atoms with van der Waals surface area (Å²) in [6, 6.07) is 7.44. The molecular weight excluding hydrogens is 306 g/mol. The highest BCUT2D eigenvalue weighted by Crippen LogP contribution is 2.20. The van der Waals surface area contributed by atoms with E-state index in [0.29, 0.717) is 24.7 Å². The maximum atomic E-state index is 12.4. The molecule has 0 saturated carbocycles. The Morgan fingerprint density at radius 2 is 2.00 bits per heavy atom. The molecule has 0 bridgehead atoms. The smallest absolute Gasteiger partial charge is 0.322 e. The van der Waals surface area contributed by atoms with Crippen LogP contribution in [0.25, 0.3) is 0 Å². The number of piperazine rings is 1. The third-order valence-corrected chi connectivity index (χ3v) is 3.99. The highest BCUT2D eigenvalue weighted by Gasteiger charge is 2.22. The van der Waals surface area contributed by atoms with Crippen LogP contribution >= 0.6 is 0 Å². The molecule has 126 valence electrons. The fourth-order valence-corrected chi connectivity index (χ4v) is 2.70. The van der Waals surface area contributed by atoms with E-state index < -0.39 is 0 Å². The molecule has 2 amide bonds. The van der Waals surface area contributed by atoms with Crippen LogP contribution in [0, 0.1) is 0 Å². The van der Waals surface area contributed by atoms with Gasteiger partial charge in [0, 0.05) is 51.3 Å². The van der Waals surface area contributed by atoms with Crippen molar-refractivity contribution in [2.75, 3.05) is 38.6 Å². The first-order chi connectivity index (χ1) is 11.8. The van der Waals surface area contributed by atoms with Gasteiger partial charge in [0.2, 0.25) is 5.88 Å². The lowest BCUT2D eigenvalue weighted by molar-refractivity contribution is 0.143. The Bertz CT molecular complexity index is 672. The quantitative estimate of drug-likeness (QED) is 0.928. The number of carbonyl (C=O) groups excluding carboxylic acids is 1. The molecule has 1 fully saturated rings. The van der Waals surface area contributed by atoms with Gasteiger partial charge in [0.15, 0.2) is 0 Å². The molecule has 0 aromatic carbocycles. The van der Waals surface area contributed by atoms with E-state index in [1.165, 1.54) is 12.7 Å². The van der Waals surface area contributed by atoms with Crippen molar-refractivity contribution in [2.45, 2.75) is 6.54 Å². The van der Waals surface area contributed by atoms with Gasteiger partial charge >= 0.3 is 6.03 Å². The van der Waals surface area contributed by atoms with Crippen LogP contribution in [-0.2, 0) is 6.54 Å². The van der Waals surface area contributed by atoms with Crippen molar-refractivity contribution < 1.29 is 9.53 Å². The normalized spacial score (nSPS) is 15.1. The van der Waals surface area contributed by atoms with Gasteiger partial charge in [-0.2, -0.15) is 0 Å². The van der Waals surface area contributed by atoms with E-state index in [0.717, 1.165) is 19.6 Å². The van der Waals surface area contributed by atoms with Crippen molar-refractivity contribution in [1.82, 2.24) is 19.8 Å². The van der Waals surface area contributed by atoms with Crippen LogP contribution in [0.15, 0.2) is 42.9 Å². The number of urea groups is 1. The number of carbonyl (C=O) groups is 1. The molecule has 0 aliphatic carbocycles. The van der Waals surface area contributed by atoms with Gasteiger partial charge in [0.1, 0.15) is 5.69 Å². The third kappa shape index (κ3) is 3.99. The molecule has 0 spiro atoms. The lowest BCUT2D eigenvalue weighted by Crippen LogP contribution is -2.49. The van der Waals surface area contributed by atoms with Crippen molar-refractivity contribution in [3.63, 3.8) is 0 Å². The van der Waals surface area contributed by atoms with Crippen molar-refractivity contribution in [2.24, 2.45) is 0 Å². The number of methoxy groups -OCH3 is 1. The van der Waals surface area contributed by atoms with Crippen molar-refractivity contribution in [3.8, 4) is 5.88 Å². The molecular formula is C17H21N5O2. The zero-order valence-electron chi connectivity index (χ0n) is 13.7. The van der Waals surface area contributed by atoms with Gasteiger partial charge < -0.3 is 15.0 Å². The number of ether oxygens (including phenoxy) is 1. The summed E-state index contributed by atoms with van der Waals surface area (Å²) < 4.78 is 5.16. The Balaban J connectivity index is 1.52. The van der Waals surface area contributed by atoms with Gasteiger partial charge in [-0.1, -0.05) is 6.07 Å². The van der Waals surface area contributed by atoms with Gasteiger partial charge in [0.05, 0.1) is 7.11 Å². The second-order valence-electron chi connectivity index (χ2n) is 5.61. The number of nitrogens with one attached hydrogen (secondary N) is 1. The Kier molecular flexibility index (Phi) is 5.22. The monoisotopic (exact) mass is 327 g/mol. The molecule has 3 rings (SSSR count). The van der Waals surface area contributed by atoms with Gasteiger partial charge in [-0.3, -0.25) is 9.88 Å². The number of hydrogen-bond acceptors (Lipinski definition) is 5. The van der Waals surface area contributed by atoms with E-state index in [4.69, 9.17) is 4.74 Å². The number of hydrogen-bond donors (Lipinski definition) is 1. The van der Waals surface area contributed by atoms with E-state index in [1.807, 2.05) is 17.2 Å². The average molecular weight is 327 g/mol. The van der Waals surface area contributed by atoms with Crippen molar-refractivity contribution in [3.05, 3.63) is 48.4 Å². The van der Waals surface area contributed by atoms with Crippen molar-refractivity contribution >= 4 is 11.7 Å². The van der Waals surface area contributed by atoms with Crippen molar-refractivity contribution in [1.29, 1.82) is 0 Å². The summed E-state index contributed by atoms with van der Waals surface area (Å²) in [6.45, 7) is 3.92. The fourth-order valence-electron chi connectivity index (χ4n) is 2.70. The molecule has 3 heterocycles. The minimum Gasteiger partial charge on any atom is -0.480 e. The third-order valence-electron chi connectivity index (χ3n) is 3.99. The van der Waals surface area contributed by atoms with Gasteiger partial charge in [-0.15, -0.1) is 0 Å². The van der Waals surface area contributed by atoms with E-state index in [-0.39, 0.29) is 6.03 Å². The summed E-state index contributed by atoms with van der Waals surface area (Å²) in [5, 5.41) is 2.87. The van der Waals surface area contributed by atoms with Crippen LogP contribution < -0.4 is 10.1 Å². The van der Waals surface area contributed by atoms with Gasteiger partial charge in [-0.05, 0) is 23.8 Å². The minimum atomic E-state index is -0.123. The molecule has 2 aromatic heterocycles. The first kappa shape index (κ1) is 16.2. The fraction of sp³-hybridized carbons (Fsp3) is 0.353. The Hall–Kier alpha value is -2.67. The van der Waals surface area contributed by atoms with Crippen LogP contribution in [0.2, 0.25) is 0 Å². The molecule has 7 nitrogen and oxygen atoms in total. The van der Waals surface area contributed by atoms with Gasteiger partial charge in [-0.25, -0.2) is 9.78 Å². The predicted octanol–water partition coefficient (Wildman–Crippen LogP) is 1.83. The minimum absolute atomic E-state index is 0.123. The standard InChI is InChI=1S/C17H21N5O2/c1-24-16-15(5-3-7-19-16)20-17(23)22-10-8-21(9-11-22)13-14-4-2-6-18-12-14/h2-7,12H,8-11,13H2,1H3,(H,20,23). The first-order valence-electron chi connectivity index (χ1n) is 7.92. The molecule has 1 aliphatic rings. The van der Waals surface area contributed by atoms with Crippen LogP contribution in [0.3, 0.4) is 0 Å². The second kappa shape index (κ2) is 7.74. The number of rotatable bonds is 4. The molecule has 1 aliphatic heterocycles. The molecule has 0 unspecified atom stereocenters. The van der Waals surface area contributed by atoms with E-state index in [9.17, 15) is 4.79 Å². The summed E-state index contributed by atoms with van der Waals surface area (Å²) in [4.78, 5) is 24.8. The maximum absolute atomic E-state index is 12.4. The summed E-state index contributed by atoms with van der Waals surface area (Å²) in [7, 11) is 1.54. The van der Waals surface area contributed by atoms with Crippen LogP contribution in [0.5, 0.6) is 5.88 Å². The predicted molar refractivity (Wildman–Crippen MR) is 90.9 cm³/mol. The van der Waals surface area contributed by atoms with Crippen LogP contribution in [-0.4, -0.2) is 59.1 Å². The SMILES string of the molecule is COc1ncccc1NC(=O)N1CCN(Cc2cccnc2)CC1. The lowest BCUT2D eigenvalue weighted by Gasteiger charge is -2.34.